The van der Waals surface area contributed by atoms with Crippen molar-refractivity contribution in [3.05, 3.63) is 0 Å². The number of carbonyl (C=O) groups excluding carboxylic acids is 4. The van der Waals surface area contributed by atoms with Gasteiger partial charge in [0.05, 0.1) is 12.6 Å². The zero-order chi connectivity index (χ0) is 27.1. The van der Waals surface area contributed by atoms with Crippen LogP contribution in [0.25, 0.3) is 0 Å². The first-order valence-electron chi connectivity index (χ1n) is 11.2. The number of nitrogens with two attached hydrogens (primary N) is 4. The Bertz CT molecular complexity index is 773. The lowest BCUT2D eigenvalue weighted by atomic mass is 9.99. The second kappa shape index (κ2) is 16.2. The molecule has 0 aromatic heterocycles. The standard InChI is InChI=1S/C20H38N8O7/c1-3-10(2)15(19(34)35)28-18(33)13(9-29)27-17(32)12(5-4-8-25-20(23)24)26-16(31)11(21)6-7-14(22)30/h10-13,15,29H,3-9,21H2,1-2H3,(H2,22,30)(H,26,31)(H,27,32)(H,28,33)(H,34,35)(H4,23,24,25). The fourth-order valence-electron chi connectivity index (χ4n) is 2.88. The van der Waals surface area contributed by atoms with Gasteiger partial charge in [0.15, 0.2) is 5.96 Å². The van der Waals surface area contributed by atoms with Crippen LogP contribution in [0.2, 0.25) is 0 Å². The quantitative estimate of drug-likeness (QED) is 0.0531. The summed E-state index contributed by atoms with van der Waals surface area (Å²) < 4.78 is 0. The number of amides is 4. The molecule has 0 spiro atoms. The van der Waals surface area contributed by atoms with Gasteiger partial charge in [-0.2, -0.15) is 0 Å². The molecule has 0 fully saturated rings. The van der Waals surface area contributed by atoms with Gasteiger partial charge in [0.2, 0.25) is 23.6 Å². The van der Waals surface area contributed by atoms with Gasteiger partial charge in [-0.25, -0.2) is 4.79 Å². The molecule has 0 aliphatic carbocycles. The van der Waals surface area contributed by atoms with Crippen LogP contribution in [0.4, 0.5) is 0 Å². The lowest BCUT2D eigenvalue weighted by Gasteiger charge is -2.25. The van der Waals surface area contributed by atoms with Gasteiger partial charge in [0, 0.05) is 13.0 Å². The Balaban J connectivity index is 5.40. The molecule has 0 aromatic rings. The predicted octanol–water partition coefficient (Wildman–Crippen LogP) is -3.79. The molecule has 0 radical (unpaired) electrons. The van der Waals surface area contributed by atoms with Crippen molar-refractivity contribution in [1.29, 1.82) is 0 Å². The van der Waals surface area contributed by atoms with Crippen molar-refractivity contribution in [2.75, 3.05) is 13.2 Å². The highest BCUT2D eigenvalue weighted by atomic mass is 16.4. The largest absolute Gasteiger partial charge is 0.480 e. The van der Waals surface area contributed by atoms with Crippen molar-refractivity contribution < 1.29 is 34.2 Å². The van der Waals surface area contributed by atoms with E-state index in [-0.39, 0.29) is 38.2 Å². The number of aliphatic hydroxyl groups is 1. The smallest absolute Gasteiger partial charge is 0.326 e. The van der Waals surface area contributed by atoms with E-state index >= 15 is 0 Å². The maximum Gasteiger partial charge on any atom is 0.326 e. The molecule has 4 amide bonds. The lowest BCUT2D eigenvalue weighted by Crippen LogP contribution is -2.58. The van der Waals surface area contributed by atoms with Crippen molar-refractivity contribution in [2.45, 2.75) is 70.1 Å². The molecular weight excluding hydrogens is 464 g/mol. The molecule has 0 aromatic carbocycles. The van der Waals surface area contributed by atoms with E-state index < -0.39 is 66.3 Å². The number of rotatable bonds is 17. The number of hydrogen-bond acceptors (Lipinski definition) is 8. The summed E-state index contributed by atoms with van der Waals surface area (Å²) in [4.78, 5) is 64.0. The molecule has 0 saturated heterocycles. The van der Waals surface area contributed by atoms with Gasteiger partial charge in [0.1, 0.15) is 18.1 Å². The van der Waals surface area contributed by atoms with E-state index in [1.165, 1.54) is 0 Å². The van der Waals surface area contributed by atoms with Crippen LogP contribution in [0.15, 0.2) is 4.99 Å². The molecule has 0 saturated carbocycles. The third kappa shape index (κ3) is 12.5. The van der Waals surface area contributed by atoms with Gasteiger partial charge in [-0.15, -0.1) is 0 Å². The number of carboxylic acid groups (broad SMARTS) is 1. The fraction of sp³-hybridized carbons (Fsp3) is 0.700. The molecule has 0 aliphatic rings. The predicted molar refractivity (Wildman–Crippen MR) is 126 cm³/mol. The zero-order valence-corrected chi connectivity index (χ0v) is 20.0. The average molecular weight is 503 g/mol. The Morgan fingerprint density at radius 3 is 1.97 bits per heavy atom. The number of nitrogens with zero attached hydrogens (tertiary/aromatic N) is 1. The number of nitrogens with one attached hydrogen (secondary N) is 3. The summed E-state index contributed by atoms with van der Waals surface area (Å²) in [7, 11) is 0. The van der Waals surface area contributed by atoms with Crippen molar-refractivity contribution in [3.63, 3.8) is 0 Å². The maximum atomic E-state index is 12.8. The normalized spacial score (nSPS) is 15.0. The van der Waals surface area contributed by atoms with Crippen LogP contribution in [0.3, 0.4) is 0 Å². The first-order valence-corrected chi connectivity index (χ1v) is 11.2. The summed E-state index contributed by atoms with van der Waals surface area (Å²) in [5.41, 5.74) is 21.3. The number of primary amides is 1. The van der Waals surface area contributed by atoms with Crippen LogP contribution in [0.5, 0.6) is 0 Å². The number of guanidine groups is 1. The summed E-state index contributed by atoms with van der Waals surface area (Å²) in [6, 6.07) is -5.02. The van der Waals surface area contributed by atoms with Gasteiger partial charge in [0.25, 0.3) is 0 Å². The Morgan fingerprint density at radius 1 is 0.914 bits per heavy atom. The minimum Gasteiger partial charge on any atom is -0.480 e. The number of hydrogen-bond donors (Lipinski definition) is 9. The molecule has 35 heavy (non-hydrogen) atoms. The topological polar surface area (TPSA) is 278 Å². The third-order valence-corrected chi connectivity index (χ3v) is 5.21. The first kappa shape index (κ1) is 31.5. The van der Waals surface area contributed by atoms with Crippen LogP contribution >= 0.6 is 0 Å². The summed E-state index contributed by atoms with van der Waals surface area (Å²) in [6.07, 6.45) is 0.591. The van der Waals surface area contributed by atoms with E-state index in [0.29, 0.717) is 6.42 Å². The van der Waals surface area contributed by atoms with Gasteiger partial charge < -0.3 is 49.1 Å². The number of aliphatic carboxylic acids is 1. The van der Waals surface area contributed by atoms with Crippen LogP contribution in [0.1, 0.15) is 46.0 Å². The van der Waals surface area contributed by atoms with Crippen molar-refractivity contribution in [1.82, 2.24) is 16.0 Å². The summed E-state index contributed by atoms with van der Waals surface area (Å²) in [6.45, 7) is 2.71. The zero-order valence-electron chi connectivity index (χ0n) is 20.0. The molecule has 15 nitrogen and oxygen atoms in total. The maximum absolute atomic E-state index is 12.8. The van der Waals surface area contributed by atoms with Crippen molar-refractivity contribution in [2.24, 2.45) is 33.8 Å². The molecule has 5 unspecified atom stereocenters. The van der Waals surface area contributed by atoms with E-state index in [1.54, 1.807) is 13.8 Å². The first-order chi connectivity index (χ1) is 16.3. The highest BCUT2D eigenvalue weighted by Crippen LogP contribution is 2.08. The van der Waals surface area contributed by atoms with Gasteiger partial charge in [-0.1, -0.05) is 20.3 Å². The van der Waals surface area contributed by atoms with E-state index in [1.807, 2.05) is 0 Å². The second-order valence-electron chi connectivity index (χ2n) is 8.08. The summed E-state index contributed by atoms with van der Waals surface area (Å²) in [5, 5.41) is 26.0. The molecule has 15 heteroatoms. The highest BCUT2D eigenvalue weighted by Gasteiger charge is 2.31. The van der Waals surface area contributed by atoms with E-state index in [4.69, 9.17) is 22.9 Å². The minimum atomic E-state index is -1.48. The Morgan fingerprint density at radius 2 is 1.49 bits per heavy atom. The SMILES string of the molecule is CCC(C)C(NC(=O)C(CO)NC(=O)C(CCCN=C(N)N)NC(=O)C(N)CCC(N)=O)C(=O)O. The molecule has 0 heterocycles. The van der Waals surface area contributed by atoms with Gasteiger partial charge in [-0.3, -0.25) is 24.2 Å². The molecular formula is C20H38N8O7. The third-order valence-electron chi connectivity index (χ3n) is 5.21. The molecule has 0 rings (SSSR count). The lowest BCUT2D eigenvalue weighted by molar-refractivity contribution is -0.144. The van der Waals surface area contributed by atoms with Crippen LogP contribution in [-0.2, 0) is 24.0 Å². The molecule has 0 aliphatic heterocycles. The number of aliphatic hydroxyl groups excluding tert-OH is 1. The van der Waals surface area contributed by atoms with Crippen molar-refractivity contribution in [3.8, 4) is 0 Å². The number of carbonyl (C=O) groups is 5. The molecule has 13 N–H and O–H groups in total. The Kier molecular flexibility index (Phi) is 14.6. The summed E-state index contributed by atoms with van der Waals surface area (Å²) >= 11 is 0. The fourth-order valence-corrected chi connectivity index (χ4v) is 2.88. The molecule has 200 valence electrons. The summed E-state index contributed by atoms with van der Waals surface area (Å²) in [5.74, 6) is -4.93. The van der Waals surface area contributed by atoms with Crippen molar-refractivity contribution >= 4 is 35.6 Å². The van der Waals surface area contributed by atoms with Gasteiger partial charge >= 0.3 is 5.97 Å². The Labute approximate surface area is 203 Å². The number of carboxylic acids is 1. The van der Waals surface area contributed by atoms with Crippen LogP contribution in [0, 0.1) is 5.92 Å². The van der Waals surface area contributed by atoms with Crippen LogP contribution < -0.4 is 38.9 Å². The number of aliphatic imine (C=N–C) groups is 1. The van der Waals surface area contributed by atoms with Crippen LogP contribution in [-0.4, -0.2) is 83.1 Å². The minimum absolute atomic E-state index is 0.0429. The van der Waals surface area contributed by atoms with Gasteiger partial charge in [-0.05, 0) is 25.2 Å². The van der Waals surface area contributed by atoms with E-state index in [9.17, 15) is 34.2 Å². The molecule has 5 atom stereocenters. The van der Waals surface area contributed by atoms with E-state index in [2.05, 4.69) is 20.9 Å². The average Bonchev–Trinajstić information content (AvgIpc) is 2.79. The highest BCUT2D eigenvalue weighted by molar-refractivity contribution is 5.94. The Hall–Kier alpha value is -3.46. The molecule has 0 bridgehead atoms. The monoisotopic (exact) mass is 502 g/mol. The van der Waals surface area contributed by atoms with E-state index in [0.717, 1.165) is 0 Å². The second-order valence-corrected chi connectivity index (χ2v) is 8.08.